The van der Waals surface area contributed by atoms with Crippen LogP contribution in [0.3, 0.4) is 0 Å². The minimum absolute atomic E-state index is 0.135. The van der Waals surface area contributed by atoms with Gasteiger partial charge >= 0.3 is 12.1 Å². The number of hydrogen-bond donors (Lipinski definition) is 2. The normalized spacial score (nSPS) is 14.3. The molecule has 27 heavy (non-hydrogen) atoms. The predicted octanol–water partition coefficient (Wildman–Crippen LogP) is 1.11. The zero-order chi connectivity index (χ0) is 20.2. The van der Waals surface area contributed by atoms with Crippen molar-refractivity contribution in [2.45, 2.75) is 26.4 Å². The molecular weight excluding hydrogens is 360 g/mol. The fourth-order valence-electron chi connectivity index (χ4n) is 2.14. The first-order valence-corrected chi connectivity index (χ1v) is 8.02. The summed E-state index contributed by atoms with van der Waals surface area (Å²) in [7, 11) is 0. The zero-order valence-corrected chi connectivity index (χ0v) is 15.1. The van der Waals surface area contributed by atoms with Crippen LogP contribution in [0.5, 0.6) is 0 Å². The van der Waals surface area contributed by atoms with Crippen LogP contribution in [-0.4, -0.2) is 63.1 Å². The summed E-state index contributed by atoms with van der Waals surface area (Å²) >= 11 is 0. The maximum atomic E-state index is 12.2. The highest BCUT2D eigenvalue weighted by Gasteiger charge is 2.37. The van der Waals surface area contributed by atoms with E-state index in [0.29, 0.717) is 10.8 Å². The van der Waals surface area contributed by atoms with Crippen molar-refractivity contribution >= 4 is 29.5 Å². The Kier molecular flexibility index (Phi) is 5.78. The number of imide groups is 1. The Balaban J connectivity index is 1.84. The van der Waals surface area contributed by atoms with Crippen LogP contribution in [0, 0.1) is 10.1 Å². The molecule has 0 saturated carbocycles. The second-order valence-corrected chi connectivity index (χ2v) is 6.63. The second-order valence-electron chi connectivity index (χ2n) is 6.63. The van der Waals surface area contributed by atoms with Gasteiger partial charge in [0.1, 0.15) is 24.2 Å². The average Bonchev–Trinajstić information content (AvgIpc) is 2.81. The van der Waals surface area contributed by atoms with Crippen LogP contribution in [0.2, 0.25) is 0 Å². The van der Waals surface area contributed by atoms with Gasteiger partial charge in [0.25, 0.3) is 11.6 Å². The molecular formula is C15H20N6O6. The van der Waals surface area contributed by atoms with Gasteiger partial charge in [-0.25, -0.2) is 20.0 Å². The van der Waals surface area contributed by atoms with Crippen LogP contribution < -0.4 is 10.7 Å². The van der Waals surface area contributed by atoms with Crippen LogP contribution in [0.1, 0.15) is 20.8 Å². The smallest absolute Gasteiger partial charge is 0.427 e. The number of urea groups is 1. The summed E-state index contributed by atoms with van der Waals surface area (Å²) in [5.74, 6) is -0.193. The Bertz CT molecular complexity index is 744. The number of carbonyl (C=O) groups excluding carboxylic acids is 3. The van der Waals surface area contributed by atoms with Crippen molar-refractivity contribution in [3.8, 4) is 0 Å². The lowest BCUT2D eigenvalue weighted by molar-refractivity contribution is -0.385. The molecule has 2 rings (SSSR count). The van der Waals surface area contributed by atoms with E-state index in [4.69, 9.17) is 4.74 Å². The molecule has 0 unspecified atom stereocenters. The molecule has 4 amide bonds. The topological polar surface area (TPSA) is 147 Å². The Hall–Kier alpha value is -3.44. The molecule has 12 nitrogen and oxygen atoms in total. The van der Waals surface area contributed by atoms with Gasteiger partial charge in [0, 0.05) is 19.2 Å². The van der Waals surface area contributed by atoms with Crippen molar-refractivity contribution in [2.24, 2.45) is 0 Å². The third-order valence-corrected chi connectivity index (χ3v) is 3.29. The summed E-state index contributed by atoms with van der Waals surface area (Å²) < 4.78 is 5.01. The Labute approximate surface area is 154 Å². The molecule has 1 fully saturated rings. The summed E-state index contributed by atoms with van der Waals surface area (Å²) in [5, 5.41) is 14.1. The number of nitro groups is 1. The molecule has 0 bridgehead atoms. The van der Waals surface area contributed by atoms with Gasteiger partial charge in [-0.3, -0.25) is 14.9 Å². The lowest BCUT2D eigenvalue weighted by Gasteiger charge is -2.22. The fourth-order valence-corrected chi connectivity index (χ4v) is 2.14. The highest BCUT2D eigenvalue weighted by Crippen LogP contribution is 2.13. The Morgan fingerprint density at radius 1 is 1.37 bits per heavy atom. The zero-order valence-electron chi connectivity index (χ0n) is 15.1. The maximum absolute atomic E-state index is 12.2. The average molecular weight is 380 g/mol. The van der Waals surface area contributed by atoms with Crippen LogP contribution in [0.25, 0.3) is 0 Å². The number of aromatic nitrogens is 1. The van der Waals surface area contributed by atoms with E-state index in [1.165, 1.54) is 17.0 Å². The highest BCUT2D eigenvalue weighted by atomic mass is 16.6. The third-order valence-electron chi connectivity index (χ3n) is 3.29. The van der Waals surface area contributed by atoms with E-state index < -0.39 is 28.6 Å². The van der Waals surface area contributed by atoms with Crippen LogP contribution in [0.15, 0.2) is 18.3 Å². The van der Waals surface area contributed by atoms with Crippen molar-refractivity contribution in [1.82, 2.24) is 20.3 Å². The van der Waals surface area contributed by atoms with E-state index in [0.717, 1.165) is 6.20 Å². The Morgan fingerprint density at radius 3 is 2.63 bits per heavy atom. The molecule has 0 aromatic carbocycles. The highest BCUT2D eigenvalue weighted by molar-refractivity contribution is 6.02. The number of nitrogens with zero attached hydrogens (tertiary/aromatic N) is 4. The lowest BCUT2D eigenvalue weighted by Crippen LogP contribution is -2.48. The molecule has 12 heteroatoms. The van der Waals surface area contributed by atoms with Gasteiger partial charge in [-0.2, -0.15) is 5.01 Å². The molecule has 1 aliphatic heterocycles. The standard InChI is InChI=1S/C15H20N6O6/c1-15(2,3)27-13(23)18-20-12(22)9-19(14(20)24)7-6-16-11-5-4-10(8-17-11)21(25)26/h4-5,8H,6-7,9H2,1-3H3,(H,16,17)(H,18,23). The summed E-state index contributed by atoms with van der Waals surface area (Å²) in [6.07, 6.45) is 0.207. The third kappa shape index (κ3) is 5.52. The van der Waals surface area contributed by atoms with Crippen molar-refractivity contribution in [3.05, 3.63) is 28.4 Å². The molecule has 146 valence electrons. The van der Waals surface area contributed by atoms with Gasteiger partial charge in [-0.05, 0) is 26.8 Å². The summed E-state index contributed by atoms with van der Waals surface area (Å²) in [4.78, 5) is 51.0. The molecule has 0 spiro atoms. The number of hydrazine groups is 1. The van der Waals surface area contributed by atoms with Gasteiger partial charge in [-0.15, -0.1) is 0 Å². The van der Waals surface area contributed by atoms with E-state index in [2.05, 4.69) is 15.7 Å². The SMILES string of the molecule is CC(C)(C)OC(=O)NN1C(=O)CN(CCNc2ccc([N+](=O)[O-])cn2)C1=O. The largest absolute Gasteiger partial charge is 0.443 e. The van der Waals surface area contributed by atoms with Crippen LogP contribution in [0.4, 0.5) is 21.1 Å². The first-order chi connectivity index (χ1) is 12.6. The quantitative estimate of drug-likeness (QED) is 0.424. The minimum Gasteiger partial charge on any atom is -0.443 e. The number of pyridine rings is 1. The monoisotopic (exact) mass is 380 g/mol. The van der Waals surface area contributed by atoms with E-state index in [1.54, 1.807) is 20.8 Å². The van der Waals surface area contributed by atoms with Gasteiger partial charge in [0.2, 0.25) is 0 Å². The minimum atomic E-state index is -0.903. The van der Waals surface area contributed by atoms with Crippen LogP contribution >= 0.6 is 0 Å². The van der Waals surface area contributed by atoms with E-state index in [9.17, 15) is 24.5 Å². The molecule has 1 aromatic rings. The second kappa shape index (κ2) is 7.85. The van der Waals surface area contributed by atoms with Gasteiger partial charge in [0.15, 0.2) is 0 Å². The summed E-state index contributed by atoms with van der Waals surface area (Å²) in [6.45, 7) is 5.20. The number of amides is 4. The first-order valence-electron chi connectivity index (χ1n) is 8.02. The molecule has 2 N–H and O–H groups in total. The maximum Gasteiger partial charge on any atom is 0.427 e. The number of rotatable bonds is 6. The van der Waals surface area contributed by atoms with E-state index in [1.807, 2.05) is 0 Å². The molecule has 1 aliphatic rings. The molecule has 1 saturated heterocycles. The summed E-state index contributed by atoms with van der Waals surface area (Å²) in [6, 6.07) is 2.06. The number of nitrogens with one attached hydrogen (secondary N) is 2. The Morgan fingerprint density at radius 2 is 2.07 bits per heavy atom. The number of anilines is 1. The molecule has 0 radical (unpaired) electrons. The van der Waals surface area contributed by atoms with Crippen LogP contribution in [-0.2, 0) is 9.53 Å². The molecule has 0 atom stereocenters. The molecule has 0 aliphatic carbocycles. The molecule has 1 aromatic heterocycles. The van der Waals surface area contributed by atoms with E-state index in [-0.39, 0.29) is 25.3 Å². The van der Waals surface area contributed by atoms with Crippen molar-refractivity contribution in [1.29, 1.82) is 0 Å². The van der Waals surface area contributed by atoms with E-state index >= 15 is 0 Å². The summed E-state index contributed by atoms with van der Waals surface area (Å²) in [5.41, 5.74) is 1.22. The first kappa shape index (κ1) is 19.9. The fraction of sp³-hybridized carbons (Fsp3) is 0.467. The van der Waals surface area contributed by atoms with Gasteiger partial charge < -0.3 is 15.0 Å². The number of ether oxygens (including phenoxy) is 1. The predicted molar refractivity (Wildman–Crippen MR) is 92.6 cm³/mol. The van der Waals surface area contributed by atoms with Crippen molar-refractivity contribution < 1.29 is 24.0 Å². The number of carbonyl (C=O) groups is 3. The lowest BCUT2D eigenvalue weighted by atomic mass is 10.2. The van der Waals surface area contributed by atoms with Crippen molar-refractivity contribution in [3.63, 3.8) is 0 Å². The number of hydrogen-bond acceptors (Lipinski definition) is 8. The van der Waals surface area contributed by atoms with Gasteiger partial charge in [0.05, 0.1) is 4.92 Å². The van der Waals surface area contributed by atoms with Gasteiger partial charge in [-0.1, -0.05) is 0 Å². The molecule has 2 heterocycles. The van der Waals surface area contributed by atoms with Crippen molar-refractivity contribution in [2.75, 3.05) is 25.0 Å².